The molecule has 3 rings (SSSR count). The highest BCUT2D eigenvalue weighted by Crippen LogP contribution is 2.31. The fraction of sp³-hybridized carbons (Fsp3) is 0.429. The number of aryl methyl sites for hydroxylation is 1. The van der Waals surface area contributed by atoms with Gasteiger partial charge in [0, 0.05) is 10.0 Å². The summed E-state index contributed by atoms with van der Waals surface area (Å²) in [6.45, 7) is 5.17. The Hall–Kier alpha value is -1.20. The average molecular weight is 322 g/mol. The smallest absolute Gasteiger partial charge is 0.246 e. The van der Waals surface area contributed by atoms with E-state index in [4.69, 9.17) is 4.52 Å². The highest BCUT2D eigenvalue weighted by Gasteiger charge is 2.35. The van der Waals surface area contributed by atoms with Crippen LogP contribution < -0.4 is 5.32 Å². The van der Waals surface area contributed by atoms with Crippen molar-refractivity contribution in [2.45, 2.75) is 32.2 Å². The highest BCUT2D eigenvalue weighted by atomic mass is 79.9. The van der Waals surface area contributed by atoms with Crippen LogP contribution in [0.1, 0.15) is 31.2 Å². The predicted octanol–water partition coefficient (Wildman–Crippen LogP) is 3.41. The lowest BCUT2D eigenvalue weighted by Gasteiger charge is -2.18. The van der Waals surface area contributed by atoms with E-state index in [9.17, 15) is 0 Å². The summed E-state index contributed by atoms with van der Waals surface area (Å²) in [6, 6.07) is 6.06. The van der Waals surface area contributed by atoms with Gasteiger partial charge in [-0.15, -0.1) is 0 Å². The molecule has 1 aliphatic heterocycles. The molecule has 1 N–H and O–H groups in total. The van der Waals surface area contributed by atoms with Crippen LogP contribution in [0.5, 0.6) is 0 Å². The van der Waals surface area contributed by atoms with Gasteiger partial charge in [-0.1, -0.05) is 21.1 Å². The Morgan fingerprint density at radius 1 is 1.42 bits per heavy atom. The Balaban J connectivity index is 1.97. The minimum Gasteiger partial charge on any atom is -0.337 e. The molecule has 1 aromatic heterocycles. The SMILES string of the molecule is Cc1cc(Br)ccc1-c1noc(C2(C)CCCN2)n1. The molecule has 0 radical (unpaired) electrons. The second-order valence-electron chi connectivity index (χ2n) is 5.24. The third kappa shape index (κ3) is 2.32. The molecule has 0 saturated carbocycles. The first kappa shape index (κ1) is 12.8. The number of nitrogens with zero attached hydrogens (tertiary/aromatic N) is 2. The molecule has 19 heavy (non-hydrogen) atoms. The molecule has 0 bridgehead atoms. The van der Waals surface area contributed by atoms with E-state index < -0.39 is 0 Å². The fourth-order valence-corrected chi connectivity index (χ4v) is 2.99. The van der Waals surface area contributed by atoms with Gasteiger partial charge in [0.05, 0.1) is 5.54 Å². The van der Waals surface area contributed by atoms with E-state index in [0.717, 1.165) is 35.0 Å². The van der Waals surface area contributed by atoms with Crippen LogP contribution in [0, 0.1) is 6.92 Å². The predicted molar refractivity (Wildman–Crippen MR) is 76.8 cm³/mol. The van der Waals surface area contributed by atoms with E-state index in [1.54, 1.807) is 0 Å². The van der Waals surface area contributed by atoms with E-state index in [1.165, 1.54) is 0 Å². The van der Waals surface area contributed by atoms with Crippen molar-refractivity contribution >= 4 is 15.9 Å². The van der Waals surface area contributed by atoms with Crippen molar-refractivity contribution in [1.82, 2.24) is 15.5 Å². The summed E-state index contributed by atoms with van der Waals surface area (Å²) < 4.78 is 6.51. The van der Waals surface area contributed by atoms with Crippen LogP contribution in [0.3, 0.4) is 0 Å². The number of nitrogens with one attached hydrogen (secondary N) is 1. The minimum absolute atomic E-state index is 0.172. The zero-order chi connectivity index (χ0) is 13.5. The second kappa shape index (κ2) is 4.72. The van der Waals surface area contributed by atoms with E-state index in [1.807, 2.05) is 19.1 Å². The Morgan fingerprint density at radius 2 is 2.26 bits per heavy atom. The van der Waals surface area contributed by atoms with Gasteiger partial charge in [-0.3, -0.25) is 0 Å². The van der Waals surface area contributed by atoms with E-state index in [-0.39, 0.29) is 5.54 Å². The lowest BCUT2D eigenvalue weighted by molar-refractivity contribution is 0.275. The molecule has 1 aliphatic rings. The van der Waals surface area contributed by atoms with Crippen molar-refractivity contribution in [3.63, 3.8) is 0 Å². The number of aromatic nitrogens is 2. The summed E-state index contributed by atoms with van der Waals surface area (Å²) in [5, 5.41) is 7.56. The molecule has 4 nitrogen and oxygen atoms in total. The van der Waals surface area contributed by atoms with Gasteiger partial charge in [-0.05, 0) is 57.0 Å². The lowest BCUT2D eigenvalue weighted by atomic mass is 10.0. The summed E-state index contributed by atoms with van der Waals surface area (Å²) in [7, 11) is 0. The maximum atomic E-state index is 5.46. The zero-order valence-electron chi connectivity index (χ0n) is 11.0. The molecule has 1 unspecified atom stereocenters. The molecule has 1 saturated heterocycles. The third-order valence-corrected chi connectivity index (χ3v) is 4.19. The molecule has 0 spiro atoms. The normalized spacial score (nSPS) is 22.9. The molecule has 2 heterocycles. The molecule has 1 fully saturated rings. The van der Waals surface area contributed by atoms with Crippen molar-refractivity contribution in [2.75, 3.05) is 6.54 Å². The molecule has 0 aliphatic carbocycles. The monoisotopic (exact) mass is 321 g/mol. The van der Waals surface area contributed by atoms with Gasteiger partial charge in [0.25, 0.3) is 0 Å². The quantitative estimate of drug-likeness (QED) is 0.921. The van der Waals surface area contributed by atoms with E-state index >= 15 is 0 Å². The minimum atomic E-state index is -0.172. The van der Waals surface area contributed by atoms with Crippen molar-refractivity contribution < 1.29 is 4.52 Å². The van der Waals surface area contributed by atoms with Gasteiger partial charge in [0.1, 0.15) is 0 Å². The first-order valence-electron chi connectivity index (χ1n) is 6.44. The Kier molecular flexibility index (Phi) is 3.19. The Morgan fingerprint density at radius 3 is 2.95 bits per heavy atom. The van der Waals surface area contributed by atoms with Crippen LogP contribution in [-0.4, -0.2) is 16.7 Å². The van der Waals surface area contributed by atoms with Crippen LogP contribution in [-0.2, 0) is 5.54 Å². The average Bonchev–Trinajstić information content (AvgIpc) is 2.99. The van der Waals surface area contributed by atoms with Gasteiger partial charge < -0.3 is 9.84 Å². The van der Waals surface area contributed by atoms with Crippen molar-refractivity contribution in [2.24, 2.45) is 0 Å². The largest absolute Gasteiger partial charge is 0.337 e. The van der Waals surface area contributed by atoms with Crippen molar-refractivity contribution in [3.8, 4) is 11.4 Å². The number of halogens is 1. The van der Waals surface area contributed by atoms with E-state index in [0.29, 0.717) is 11.7 Å². The molecule has 1 aromatic carbocycles. The second-order valence-corrected chi connectivity index (χ2v) is 6.16. The van der Waals surface area contributed by atoms with Gasteiger partial charge in [0.15, 0.2) is 0 Å². The van der Waals surface area contributed by atoms with Crippen LogP contribution in [0.2, 0.25) is 0 Å². The number of benzene rings is 1. The van der Waals surface area contributed by atoms with Gasteiger partial charge in [-0.2, -0.15) is 4.98 Å². The molecule has 5 heteroatoms. The lowest BCUT2D eigenvalue weighted by Crippen LogP contribution is -2.33. The third-order valence-electron chi connectivity index (χ3n) is 3.70. The van der Waals surface area contributed by atoms with Gasteiger partial charge in [-0.25, -0.2) is 0 Å². The first-order valence-corrected chi connectivity index (χ1v) is 7.23. The molecule has 100 valence electrons. The van der Waals surface area contributed by atoms with Crippen LogP contribution in [0.15, 0.2) is 27.2 Å². The number of hydrogen-bond acceptors (Lipinski definition) is 4. The van der Waals surface area contributed by atoms with Crippen molar-refractivity contribution in [3.05, 3.63) is 34.1 Å². The maximum absolute atomic E-state index is 5.46. The van der Waals surface area contributed by atoms with E-state index in [2.05, 4.69) is 44.4 Å². The first-order chi connectivity index (χ1) is 9.08. The number of hydrogen-bond donors (Lipinski definition) is 1. The van der Waals surface area contributed by atoms with Crippen LogP contribution >= 0.6 is 15.9 Å². The summed E-state index contributed by atoms with van der Waals surface area (Å²) in [5.41, 5.74) is 1.97. The molecular formula is C14H16BrN3O. The molecule has 0 amide bonds. The van der Waals surface area contributed by atoms with Crippen LogP contribution in [0.25, 0.3) is 11.4 Å². The summed E-state index contributed by atoms with van der Waals surface area (Å²) in [5.74, 6) is 1.34. The van der Waals surface area contributed by atoms with Crippen LogP contribution in [0.4, 0.5) is 0 Å². The Labute approximate surface area is 120 Å². The van der Waals surface area contributed by atoms with Gasteiger partial charge >= 0.3 is 0 Å². The topological polar surface area (TPSA) is 51.0 Å². The summed E-state index contributed by atoms with van der Waals surface area (Å²) in [6.07, 6.45) is 2.18. The highest BCUT2D eigenvalue weighted by molar-refractivity contribution is 9.10. The summed E-state index contributed by atoms with van der Waals surface area (Å²) in [4.78, 5) is 4.57. The van der Waals surface area contributed by atoms with Gasteiger partial charge in [0.2, 0.25) is 11.7 Å². The molecule has 2 aromatic rings. The Bertz CT molecular complexity index is 602. The molecular weight excluding hydrogens is 306 g/mol. The summed E-state index contributed by atoms with van der Waals surface area (Å²) >= 11 is 3.46. The standard InChI is InChI=1S/C14H16BrN3O/c1-9-8-10(15)4-5-11(9)12-17-13(19-18-12)14(2)6-3-7-16-14/h4-5,8,16H,3,6-7H2,1-2H3. The molecule has 1 atom stereocenters. The zero-order valence-corrected chi connectivity index (χ0v) is 12.6. The fourth-order valence-electron chi connectivity index (χ4n) is 2.51. The maximum Gasteiger partial charge on any atom is 0.246 e. The van der Waals surface area contributed by atoms with Crippen molar-refractivity contribution in [1.29, 1.82) is 0 Å². The number of rotatable bonds is 2.